The Balaban J connectivity index is 2.73. The van der Waals surface area contributed by atoms with Crippen LogP contribution >= 0.6 is 0 Å². The summed E-state index contributed by atoms with van der Waals surface area (Å²) in [5.74, 6) is 0.243. The van der Waals surface area contributed by atoms with E-state index in [-0.39, 0.29) is 11.8 Å². The van der Waals surface area contributed by atoms with Crippen LogP contribution in [0.15, 0.2) is 12.1 Å². The largest absolute Gasteiger partial charge is 0.352 e. The van der Waals surface area contributed by atoms with Crippen LogP contribution in [0.2, 0.25) is 0 Å². The van der Waals surface area contributed by atoms with Gasteiger partial charge in [-0.25, -0.2) is 0 Å². The van der Waals surface area contributed by atoms with E-state index in [1.807, 2.05) is 13.8 Å². The molecule has 0 spiro atoms. The Morgan fingerprint density at radius 2 is 1.76 bits per heavy atom. The molecule has 0 radical (unpaired) electrons. The zero-order valence-electron chi connectivity index (χ0n) is 11.6. The number of aryl methyl sites for hydroxylation is 3. The minimum absolute atomic E-state index is 0.0982. The van der Waals surface area contributed by atoms with Gasteiger partial charge >= 0.3 is 0 Å². The molecule has 0 heterocycles. The van der Waals surface area contributed by atoms with Gasteiger partial charge in [-0.1, -0.05) is 31.5 Å². The van der Waals surface area contributed by atoms with Crippen LogP contribution in [0.25, 0.3) is 0 Å². The van der Waals surface area contributed by atoms with Crippen LogP contribution in [-0.2, 0) is 11.3 Å². The summed E-state index contributed by atoms with van der Waals surface area (Å²) in [6.07, 6.45) is 0.887. The second kappa shape index (κ2) is 5.85. The molecule has 17 heavy (non-hydrogen) atoms. The number of carbonyl (C=O) groups is 1. The highest BCUT2D eigenvalue weighted by Crippen LogP contribution is 2.16. The van der Waals surface area contributed by atoms with E-state index >= 15 is 0 Å². The van der Waals surface area contributed by atoms with Crippen molar-refractivity contribution in [3.05, 3.63) is 34.4 Å². The average Bonchev–Trinajstić information content (AvgIpc) is 2.26. The molecule has 1 atom stereocenters. The number of hydrogen-bond donors (Lipinski definition) is 1. The quantitative estimate of drug-likeness (QED) is 0.849. The minimum atomic E-state index is 0.0982. The van der Waals surface area contributed by atoms with Crippen molar-refractivity contribution in [1.82, 2.24) is 5.32 Å². The zero-order valence-corrected chi connectivity index (χ0v) is 11.6. The summed E-state index contributed by atoms with van der Waals surface area (Å²) in [6, 6.07) is 4.33. The van der Waals surface area contributed by atoms with Crippen molar-refractivity contribution in [2.75, 3.05) is 0 Å². The Kier molecular flexibility index (Phi) is 4.73. The summed E-state index contributed by atoms with van der Waals surface area (Å²) in [7, 11) is 0. The Hall–Kier alpha value is -1.31. The lowest BCUT2D eigenvalue weighted by atomic mass is 9.99. The SMILES string of the molecule is CC[C@H](C)C(=O)NCc1c(C)cc(C)cc1C. The zero-order chi connectivity index (χ0) is 13.0. The fraction of sp³-hybridized carbons (Fsp3) is 0.533. The first kappa shape index (κ1) is 13.8. The van der Waals surface area contributed by atoms with E-state index in [0.717, 1.165) is 6.42 Å². The molecule has 1 amide bonds. The Labute approximate surface area is 104 Å². The van der Waals surface area contributed by atoms with Gasteiger partial charge in [0.1, 0.15) is 0 Å². The van der Waals surface area contributed by atoms with Gasteiger partial charge in [0, 0.05) is 12.5 Å². The number of hydrogen-bond acceptors (Lipinski definition) is 1. The molecule has 0 saturated carbocycles. The van der Waals surface area contributed by atoms with Crippen LogP contribution in [0.1, 0.15) is 42.5 Å². The molecule has 0 saturated heterocycles. The van der Waals surface area contributed by atoms with Crippen molar-refractivity contribution in [3.8, 4) is 0 Å². The first-order chi connectivity index (χ1) is 7.95. The highest BCUT2D eigenvalue weighted by molar-refractivity contribution is 5.78. The predicted octanol–water partition coefficient (Wildman–Crippen LogP) is 3.27. The van der Waals surface area contributed by atoms with Gasteiger partial charge in [0.05, 0.1) is 0 Å². The van der Waals surface area contributed by atoms with Crippen molar-refractivity contribution in [2.24, 2.45) is 5.92 Å². The van der Waals surface area contributed by atoms with E-state index in [4.69, 9.17) is 0 Å². The molecule has 94 valence electrons. The maximum absolute atomic E-state index is 11.7. The van der Waals surface area contributed by atoms with Gasteiger partial charge in [0.25, 0.3) is 0 Å². The van der Waals surface area contributed by atoms with E-state index in [9.17, 15) is 4.79 Å². The third kappa shape index (κ3) is 3.58. The molecule has 2 nitrogen and oxygen atoms in total. The van der Waals surface area contributed by atoms with Gasteiger partial charge in [-0.3, -0.25) is 4.79 Å². The number of amides is 1. The number of rotatable bonds is 4. The normalized spacial score (nSPS) is 12.3. The summed E-state index contributed by atoms with van der Waals surface area (Å²) >= 11 is 0. The van der Waals surface area contributed by atoms with E-state index in [0.29, 0.717) is 6.54 Å². The van der Waals surface area contributed by atoms with Crippen LogP contribution in [0.3, 0.4) is 0 Å². The van der Waals surface area contributed by atoms with E-state index in [1.165, 1.54) is 22.3 Å². The predicted molar refractivity (Wildman–Crippen MR) is 72.0 cm³/mol. The Morgan fingerprint density at radius 1 is 1.24 bits per heavy atom. The minimum Gasteiger partial charge on any atom is -0.352 e. The third-order valence-corrected chi connectivity index (χ3v) is 3.34. The molecular formula is C15H23NO. The van der Waals surface area contributed by atoms with Gasteiger partial charge < -0.3 is 5.32 Å². The lowest BCUT2D eigenvalue weighted by Crippen LogP contribution is -2.28. The lowest BCUT2D eigenvalue weighted by Gasteiger charge is -2.14. The molecule has 1 N–H and O–H groups in total. The molecule has 1 aromatic rings. The molecule has 0 fully saturated rings. The molecule has 0 aliphatic heterocycles. The van der Waals surface area contributed by atoms with Crippen molar-refractivity contribution >= 4 is 5.91 Å². The van der Waals surface area contributed by atoms with Crippen LogP contribution in [0, 0.1) is 26.7 Å². The Morgan fingerprint density at radius 3 is 2.24 bits per heavy atom. The molecule has 0 unspecified atom stereocenters. The highest BCUT2D eigenvalue weighted by Gasteiger charge is 2.11. The maximum Gasteiger partial charge on any atom is 0.223 e. The summed E-state index contributed by atoms with van der Waals surface area (Å²) in [5.41, 5.74) is 5.03. The topological polar surface area (TPSA) is 29.1 Å². The molecule has 1 rings (SSSR count). The van der Waals surface area contributed by atoms with Crippen molar-refractivity contribution in [2.45, 2.75) is 47.6 Å². The molecule has 2 heteroatoms. The van der Waals surface area contributed by atoms with Crippen LogP contribution in [-0.4, -0.2) is 5.91 Å². The molecule has 0 aromatic heterocycles. The monoisotopic (exact) mass is 233 g/mol. The standard InChI is InChI=1S/C15H23NO/c1-6-11(3)15(17)16-9-14-12(4)7-10(2)8-13(14)5/h7-8,11H,6,9H2,1-5H3,(H,16,17)/t11-/m0/s1. The van der Waals surface area contributed by atoms with Gasteiger partial charge in [-0.2, -0.15) is 0 Å². The van der Waals surface area contributed by atoms with Crippen LogP contribution in [0.4, 0.5) is 0 Å². The number of carbonyl (C=O) groups excluding carboxylic acids is 1. The van der Waals surface area contributed by atoms with Gasteiger partial charge in [0.2, 0.25) is 5.91 Å². The van der Waals surface area contributed by atoms with Crippen LogP contribution < -0.4 is 5.32 Å². The fourth-order valence-electron chi connectivity index (χ4n) is 2.02. The fourth-order valence-corrected chi connectivity index (χ4v) is 2.02. The van der Waals surface area contributed by atoms with E-state index < -0.39 is 0 Å². The molecule has 1 aromatic carbocycles. The molecule has 0 bridgehead atoms. The third-order valence-electron chi connectivity index (χ3n) is 3.34. The summed E-state index contributed by atoms with van der Waals surface area (Å²) in [6.45, 7) is 10.9. The van der Waals surface area contributed by atoms with E-state index in [1.54, 1.807) is 0 Å². The first-order valence-electron chi connectivity index (χ1n) is 6.30. The summed E-state index contributed by atoms with van der Waals surface area (Å²) < 4.78 is 0. The Bertz CT molecular complexity index is 386. The van der Waals surface area contributed by atoms with Crippen molar-refractivity contribution in [3.63, 3.8) is 0 Å². The second-order valence-corrected chi connectivity index (χ2v) is 4.90. The molecule has 0 aliphatic rings. The smallest absolute Gasteiger partial charge is 0.223 e. The molecular weight excluding hydrogens is 210 g/mol. The van der Waals surface area contributed by atoms with Crippen molar-refractivity contribution < 1.29 is 4.79 Å². The van der Waals surface area contributed by atoms with Crippen LogP contribution in [0.5, 0.6) is 0 Å². The van der Waals surface area contributed by atoms with Crippen molar-refractivity contribution in [1.29, 1.82) is 0 Å². The maximum atomic E-state index is 11.7. The number of benzene rings is 1. The highest BCUT2D eigenvalue weighted by atomic mass is 16.1. The van der Waals surface area contributed by atoms with E-state index in [2.05, 4.69) is 38.2 Å². The summed E-state index contributed by atoms with van der Waals surface area (Å²) in [5, 5.41) is 3.01. The first-order valence-corrected chi connectivity index (χ1v) is 6.30. The lowest BCUT2D eigenvalue weighted by molar-refractivity contribution is -0.124. The van der Waals surface area contributed by atoms with Gasteiger partial charge in [0.15, 0.2) is 0 Å². The van der Waals surface area contributed by atoms with Gasteiger partial charge in [-0.05, 0) is 43.9 Å². The summed E-state index contributed by atoms with van der Waals surface area (Å²) in [4.78, 5) is 11.7. The van der Waals surface area contributed by atoms with Gasteiger partial charge in [-0.15, -0.1) is 0 Å². The average molecular weight is 233 g/mol. The number of nitrogens with one attached hydrogen (secondary N) is 1. The second-order valence-electron chi connectivity index (χ2n) is 4.90. The molecule has 0 aliphatic carbocycles.